The Bertz CT molecular complexity index is 597. The average Bonchev–Trinajstić information content (AvgIpc) is 2.95. The molecule has 1 N–H and O–H groups in total. The largest absolute Gasteiger partial charge is 0.390 e. The highest BCUT2D eigenvalue weighted by molar-refractivity contribution is 6.12. The molecule has 1 fully saturated rings. The predicted octanol–water partition coefficient (Wildman–Crippen LogP) is 3.04. The predicted molar refractivity (Wildman–Crippen MR) is 89.7 cm³/mol. The summed E-state index contributed by atoms with van der Waals surface area (Å²) in [4.78, 5) is 0. The van der Waals surface area contributed by atoms with Crippen molar-refractivity contribution in [1.82, 2.24) is 0 Å². The molecule has 3 nitrogen and oxygen atoms in total. The van der Waals surface area contributed by atoms with Crippen LogP contribution in [-0.2, 0) is 0 Å². The van der Waals surface area contributed by atoms with E-state index in [1.165, 1.54) is 0 Å². The summed E-state index contributed by atoms with van der Waals surface area (Å²) in [5.41, 5.74) is 3.25. The fourth-order valence-electron chi connectivity index (χ4n) is 3.21. The van der Waals surface area contributed by atoms with E-state index in [4.69, 9.17) is 5.10 Å². The van der Waals surface area contributed by atoms with E-state index in [9.17, 15) is 5.11 Å². The van der Waals surface area contributed by atoms with Crippen LogP contribution < -0.4 is 0 Å². The van der Waals surface area contributed by atoms with Gasteiger partial charge in [-0.3, -0.25) is 0 Å². The molecule has 1 aliphatic heterocycles. The number of aliphatic hydroxyl groups is 1. The molecule has 1 heterocycles. The van der Waals surface area contributed by atoms with Crippen molar-refractivity contribution in [3.05, 3.63) is 71.8 Å². The summed E-state index contributed by atoms with van der Waals surface area (Å²) in [6, 6.07) is 20.8. The van der Waals surface area contributed by atoms with E-state index in [0.29, 0.717) is 4.59 Å². The Hall–Kier alpha value is -1.97. The van der Waals surface area contributed by atoms with Crippen LogP contribution in [0.15, 0.2) is 65.8 Å². The molecule has 0 bridgehead atoms. The average molecular weight is 295 g/mol. The highest BCUT2D eigenvalue weighted by atomic mass is 16.3. The summed E-state index contributed by atoms with van der Waals surface area (Å²) >= 11 is 0. The van der Waals surface area contributed by atoms with Crippen LogP contribution in [0, 0.1) is 0 Å². The molecular formula is C19H23N2O+. The molecule has 1 saturated heterocycles. The van der Waals surface area contributed by atoms with Gasteiger partial charge in [-0.25, -0.2) is 0 Å². The minimum atomic E-state index is 0.191. The van der Waals surface area contributed by atoms with Gasteiger partial charge in [0.1, 0.15) is 18.3 Å². The molecule has 0 unspecified atom stereocenters. The lowest BCUT2D eigenvalue weighted by atomic mass is 10.0. The van der Waals surface area contributed by atoms with Gasteiger partial charge < -0.3 is 5.11 Å². The molecule has 114 valence electrons. The number of hydrogen-bond donors (Lipinski definition) is 1. The Morgan fingerprint density at radius 2 is 1.59 bits per heavy atom. The van der Waals surface area contributed by atoms with Gasteiger partial charge in [0.2, 0.25) is 0 Å². The summed E-state index contributed by atoms with van der Waals surface area (Å²) in [6.07, 6.45) is 2.15. The van der Waals surface area contributed by atoms with Crippen molar-refractivity contribution in [2.75, 3.05) is 20.2 Å². The van der Waals surface area contributed by atoms with Crippen molar-refractivity contribution in [1.29, 1.82) is 0 Å². The quantitative estimate of drug-likeness (QED) is 0.682. The lowest BCUT2D eigenvalue weighted by Crippen LogP contribution is -2.45. The van der Waals surface area contributed by atoms with Crippen LogP contribution in [0.3, 0.4) is 0 Å². The Balaban J connectivity index is 2.08. The lowest BCUT2D eigenvalue weighted by molar-refractivity contribution is -0.927. The van der Waals surface area contributed by atoms with Crippen LogP contribution in [0.2, 0.25) is 0 Å². The molecule has 1 aliphatic rings. The Kier molecular flexibility index (Phi) is 4.36. The molecule has 2 atom stereocenters. The zero-order chi connectivity index (χ0) is 15.4. The van der Waals surface area contributed by atoms with Gasteiger partial charge in [0.05, 0.1) is 13.7 Å². The zero-order valence-electron chi connectivity index (χ0n) is 13.0. The number of nitrogens with zero attached hydrogens (tertiary/aromatic N) is 2. The second-order valence-electron chi connectivity index (χ2n) is 6.10. The highest BCUT2D eigenvalue weighted by Crippen LogP contribution is 2.27. The van der Waals surface area contributed by atoms with Gasteiger partial charge in [-0.1, -0.05) is 65.8 Å². The smallest absolute Gasteiger partial charge is 0.136 e. The van der Waals surface area contributed by atoms with E-state index in [0.717, 1.165) is 36.2 Å². The van der Waals surface area contributed by atoms with Crippen molar-refractivity contribution < 1.29 is 9.70 Å². The van der Waals surface area contributed by atoms with E-state index in [1.54, 1.807) is 0 Å². The number of hydrogen-bond acceptors (Lipinski definition) is 2. The molecule has 3 rings (SSSR count). The molecule has 3 heteroatoms. The Morgan fingerprint density at radius 1 is 1.05 bits per heavy atom. The van der Waals surface area contributed by atoms with Crippen LogP contribution in [-0.4, -0.2) is 41.7 Å². The topological polar surface area (TPSA) is 32.6 Å². The lowest BCUT2D eigenvalue weighted by Gasteiger charge is -2.29. The molecule has 2 aromatic carbocycles. The first-order chi connectivity index (χ1) is 10.7. The summed E-state index contributed by atoms with van der Waals surface area (Å²) in [5.74, 6) is 0. The third-order valence-corrected chi connectivity index (χ3v) is 4.57. The minimum absolute atomic E-state index is 0.191. The maximum atomic E-state index is 9.67. The van der Waals surface area contributed by atoms with Crippen LogP contribution in [0.5, 0.6) is 0 Å². The number of rotatable bonds is 4. The Labute approximate surface area is 132 Å². The molecule has 0 aliphatic carbocycles. The zero-order valence-corrected chi connectivity index (χ0v) is 13.0. The van der Waals surface area contributed by atoms with E-state index >= 15 is 0 Å². The standard InChI is InChI=1S/C19H23N2O/c1-21(14-8-13-18(21)15-22)20-19(16-9-4-2-5-10-16)17-11-6-3-7-12-17/h2-7,9-12,18,22H,8,13-15H2,1H3/q+1/t18-,21-/m0/s1. The van der Waals surface area contributed by atoms with E-state index in [-0.39, 0.29) is 12.6 Å². The van der Waals surface area contributed by atoms with Crippen molar-refractivity contribution in [2.45, 2.75) is 18.9 Å². The molecule has 0 aromatic heterocycles. The van der Waals surface area contributed by atoms with Crippen molar-refractivity contribution >= 4 is 5.71 Å². The van der Waals surface area contributed by atoms with Crippen LogP contribution in [0.25, 0.3) is 0 Å². The van der Waals surface area contributed by atoms with Crippen LogP contribution in [0.4, 0.5) is 0 Å². The van der Waals surface area contributed by atoms with Gasteiger partial charge >= 0.3 is 0 Å². The van der Waals surface area contributed by atoms with E-state index < -0.39 is 0 Å². The monoisotopic (exact) mass is 295 g/mol. The fourth-order valence-corrected chi connectivity index (χ4v) is 3.21. The van der Waals surface area contributed by atoms with Gasteiger partial charge in [0.15, 0.2) is 0 Å². The second-order valence-corrected chi connectivity index (χ2v) is 6.10. The molecule has 22 heavy (non-hydrogen) atoms. The third kappa shape index (κ3) is 2.96. The second kappa shape index (κ2) is 6.42. The number of benzene rings is 2. The molecular weight excluding hydrogens is 272 g/mol. The first kappa shape index (κ1) is 14.9. The van der Waals surface area contributed by atoms with Crippen molar-refractivity contribution in [3.63, 3.8) is 0 Å². The maximum absolute atomic E-state index is 9.67. The van der Waals surface area contributed by atoms with Gasteiger partial charge in [-0.15, -0.1) is 0 Å². The van der Waals surface area contributed by atoms with Gasteiger partial charge in [-0.05, 0) is 0 Å². The number of likely N-dealkylation sites (tertiary alicyclic amines) is 1. The Morgan fingerprint density at radius 3 is 2.09 bits per heavy atom. The van der Waals surface area contributed by atoms with Gasteiger partial charge in [0.25, 0.3) is 0 Å². The number of quaternary nitrogens is 1. The van der Waals surface area contributed by atoms with Crippen LogP contribution >= 0.6 is 0 Å². The van der Waals surface area contributed by atoms with E-state index in [2.05, 4.69) is 31.3 Å². The van der Waals surface area contributed by atoms with Crippen molar-refractivity contribution in [2.24, 2.45) is 5.10 Å². The summed E-state index contributed by atoms with van der Waals surface area (Å²) in [6.45, 7) is 1.17. The highest BCUT2D eigenvalue weighted by Gasteiger charge is 2.39. The minimum Gasteiger partial charge on any atom is -0.390 e. The first-order valence-electron chi connectivity index (χ1n) is 7.90. The summed E-state index contributed by atoms with van der Waals surface area (Å²) in [5, 5.41) is 14.8. The third-order valence-electron chi connectivity index (χ3n) is 4.57. The number of likely N-dealkylation sites (N-methyl/N-ethyl adjacent to an activating group) is 1. The SMILES string of the molecule is C[N@+]1(N=C(c2ccccc2)c2ccccc2)CCC[C@H]1CO. The first-order valence-corrected chi connectivity index (χ1v) is 7.90. The normalized spacial score (nSPS) is 24.2. The summed E-state index contributed by atoms with van der Waals surface area (Å²) < 4.78 is 0.565. The molecule has 0 spiro atoms. The van der Waals surface area contributed by atoms with Gasteiger partial charge in [-0.2, -0.15) is 4.59 Å². The number of aliphatic hydroxyl groups excluding tert-OH is 1. The molecule has 2 aromatic rings. The fraction of sp³-hybridized carbons (Fsp3) is 0.316. The molecule has 0 amide bonds. The van der Waals surface area contributed by atoms with Crippen LogP contribution in [0.1, 0.15) is 24.0 Å². The van der Waals surface area contributed by atoms with Crippen molar-refractivity contribution in [3.8, 4) is 0 Å². The molecule has 0 saturated carbocycles. The molecule has 0 radical (unpaired) electrons. The van der Waals surface area contributed by atoms with Gasteiger partial charge in [0, 0.05) is 24.0 Å². The maximum Gasteiger partial charge on any atom is 0.136 e. The summed E-state index contributed by atoms with van der Waals surface area (Å²) in [7, 11) is 2.12. The van der Waals surface area contributed by atoms with E-state index in [1.807, 2.05) is 36.4 Å².